The molecule has 120 valence electrons. The fraction of sp³-hybridized carbons (Fsp3) is 0.533. The number of aliphatic imine (C=N–C) groups is 1. The van der Waals surface area contributed by atoms with Gasteiger partial charge >= 0.3 is 0 Å². The number of guanidine groups is 1. The molecule has 22 heavy (non-hydrogen) atoms. The van der Waals surface area contributed by atoms with Gasteiger partial charge < -0.3 is 16.0 Å². The third-order valence-electron chi connectivity index (χ3n) is 3.75. The fourth-order valence-electron chi connectivity index (χ4n) is 2.62. The first kappa shape index (κ1) is 16.1. The van der Waals surface area contributed by atoms with E-state index in [1.165, 1.54) is 31.7 Å². The first-order chi connectivity index (χ1) is 10.7. The molecule has 0 aliphatic heterocycles. The molecule has 7 nitrogen and oxygen atoms in total. The van der Waals surface area contributed by atoms with Crippen molar-refractivity contribution in [1.82, 2.24) is 10.6 Å². The second-order valence-electron chi connectivity index (χ2n) is 5.33. The highest BCUT2D eigenvalue weighted by molar-refractivity contribution is 5.80. The van der Waals surface area contributed by atoms with Crippen LogP contribution < -0.4 is 16.0 Å². The molecule has 0 aromatic heterocycles. The van der Waals surface area contributed by atoms with Crippen LogP contribution >= 0.6 is 0 Å². The molecule has 1 aromatic rings. The van der Waals surface area contributed by atoms with E-state index in [2.05, 4.69) is 20.9 Å². The molecule has 1 aliphatic carbocycles. The number of nitro groups is 1. The zero-order valence-corrected chi connectivity index (χ0v) is 12.8. The molecular weight excluding hydrogens is 282 g/mol. The largest absolute Gasteiger partial charge is 0.378 e. The van der Waals surface area contributed by atoms with Gasteiger partial charge in [-0.25, -0.2) is 0 Å². The van der Waals surface area contributed by atoms with E-state index in [1.807, 2.05) is 0 Å². The number of benzene rings is 1. The molecule has 2 rings (SSSR count). The average molecular weight is 305 g/mol. The minimum absolute atomic E-state index is 0.0935. The Bertz CT molecular complexity index is 526. The van der Waals surface area contributed by atoms with Crippen LogP contribution in [-0.4, -0.2) is 37.1 Å². The highest BCUT2D eigenvalue weighted by Gasteiger charge is 2.15. The van der Waals surface area contributed by atoms with Crippen molar-refractivity contribution in [2.75, 3.05) is 25.5 Å². The molecule has 0 amide bonds. The van der Waals surface area contributed by atoms with Gasteiger partial charge in [0.1, 0.15) is 5.69 Å². The normalized spacial score (nSPS) is 15.6. The van der Waals surface area contributed by atoms with E-state index >= 15 is 0 Å². The fourth-order valence-corrected chi connectivity index (χ4v) is 2.62. The summed E-state index contributed by atoms with van der Waals surface area (Å²) >= 11 is 0. The molecule has 0 unspecified atom stereocenters. The van der Waals surface area contributed by atoms with E-state index in [-0.39, 0.29) is 10.6 Å². The Hall–Kier alpha value is -2.31. The molecule has 0 radical (unpaired) electrons. The van der Waals surface area contributed by atoms with Crippen molar-refractivity contribution < 1.29 is 4.92 Å². The van der Waals surface area contributed by atoms with Gasteiger partial charge in [-0.3, -0.25) is 15.1 Å². The van der Waals surface area contributed by atoms with Crippen LogP contribution in [0, 0.1) is 10.1 Å². The summed E-state index contributed by atoms with van der Waals surface area (Å²) in [5.74, 6) is 0.788. The summed E-state index contributed by atoms with van der Waals surface area (Å²) in [4.78, 5) is 14.7. The summed E-state index contributed by atoms with van der Waals surface area (Å²) in [6.45, 7) is 1.22. The van der Waals surface area contributed by atoms with Crippen molar-refractivity contribution in [3.8, 4) is 0 Å². The molecule has 0 heterocycles. The van der Waals surface area contributed by atoms with E-state index in [0.29, 0.717) is 24.8 Å². The molecule has 0 spiro atoms. The highest BCUT2D eigenvalue weighted by atomic mass is 16.6. The van der Waals surface area contributed by atoms with Gasteiger partial charge in [0, 0.05) is 32.2 Å². The van der Waals surface area contributed by atoms with Crippen LogP contribution in [0.2, 0.25) is 0 Å². The lowest BCUT2D eigenvalue weighted by Gasteiger charge is -2.17. The van der Waals surface area contributed by atoms with Crippen molar-refractivity contribution >= 4 is 17.3 Å². The SMILES string of the molecule is CN=C(NCCNc1ccccc1[N+](=O)[O-])NC1CCCC1. The monoisotopic (exact) mass is 305 g/mol. The second kappa shape index (κ2) is 8.21. The molecule has 0 saturated heterocycles. The van der Waals surface area contributed by atoms with E-state index < -0.39 is 0 Å². The molecule has 1 saturated carbocycles. The van der Waals surface area contributed by atoms with Crippen molar-refractivity contribution in [2.45, 2.75) is 31.7 Å². The predicted molar refractivity (Wildman–Crippen MR) is 88.3 cm³/mol. The van der Waals surface area contributed by atoms with Gasteiger partial charge in [-0.15, -0.1) is 0 Å². The van der Waals surface area contributed by atoms with Gasteiger partial charge in [-0.1, -0.05) is 25.0 Å². The number of hydrogen-bond acceptors (Lipinski definition) is 4. The van der Waals surface area contributed by atoms with Crippen LogP contribution in [0.15, 0.2) is 29.3 Å². The van der Waals surface area contributed by atoms with Gasteiger partial charge in [0.2, 0.25) is 0 Å². The van der Waals surface area contributed by atoms with Gasteiger partial charge in [0.25, 0.3) is 5.69 Å². The topological polar surface area (TPSA) is 91.6 Å². The minimum Gasteiger partial charge on any atom is -0.378 e. The first-order valence-corrected chi connectivity index (χ1v) is 7.65. The molecule has 1 fully saturated rings. The lowest BCUT2D eigenvalue weighted by molar-refractivity contribution is -0.384. The van der Waals surface area contributed by atoms with E-state index in [0.717, 1.165) is 5.96 Å². The number of hydrogen-bond donors (Lipinski definition) is 3. The summed E-state index contributed by atoms with van der Waals surface area (Å²) in [6, 6.07) is 7.16. The lowest BCUT2D eigenvalue weighted by Crippen LogP contribution is -2.43. The van der Waals surface area contributed by atoms with Crippen molar-refractivity contribution in [2.24, 2.45) is 4.99 Å². The van der Waals surface area contributed by atoms with Crippen LogP contribution in [0.25, 0.3) is 0 Å². The Labute approximate surface area is 130 Å². The maximum Gasteiger partial charge on any atom is 0.292 e. The molecule has 0 atom stereocenters. The maximum absolute atomic E-state index is 10.9. The lowest BCUT2D eigenvalue weighted by atomic mass is 10.2. The Morgan fingerprint density at radius 2 is 2.05 bits per heavy atom. The summed E-state index contributed by atoms with van der Waals surface area (Å²) in [5.41, 5.74) is 0.629. The van der Waals surface area contributed by atoms with Crippen molar-refractivity contribution in [3.05, 3.63) is 34.4 Å². The summed E-state index contributed by atoms with van der Waals surface area (Å²) in [6.07, 6.45) is 4.92. The average Bonchev–Trinajstić information content (AvgIpc) is 3.03. The zero-order valence-electron chi connectivity index (χ0n) is 12.8. The standard InChI is InChI=1S/C15H23N5O2/c1-16-15(19-12-6-2-3-7-12)18-11-10-17-13-8-4-5-9-14(13)20(21)22/h4-5,8-9,12,17H,2-3,6-7,10-11H2,1H3,(H2,16,18,19). The zero-order chi connectivity index (χ0) is 15.8. The van der Waals surface area contributed by atoms with Crippen LogP contribution in [0.1, 0.15) is 25.7 Å². The minimum atomic E-state index is -0.379. The molecule has 1 aliphatic rings. The van der Waals surface area contributed by atoms with E-state index in [4.69, 9.17) is 0 Å². The number of rotatable bonds is 6. The molecular formula is C15H23N5O2. The smallest absolute Gasteiger partial charge is 0.292 e. The van der Waals surface area contributed by atoms with Crippen LogP contribution in [0.5, 0.6) is 0 Å². The first-order valence-electron chi connectivity index (χ1n) is 7.65. The Kier molecular flexibility index (Phi) is 6.00. The van der Waals surface area contributed by atoms with E-state index in [9.17, 15) is 10.1 Å². The Morgan fingerprint density at radius 1 is 1.32 bits per heavy atom. The van der Waals surface area contributed by atoms with Crippen LogP contribution in [-0.2, 0) is 0 Å². The maximum atomic E-state index is 10.9. The third-order valence-corrected chi connectivity index (χ3v) is 3.75. The van der Waals surface area contributed by atoms with Crippen molar-refractivity contribution in [1.29, 1.82) is 0 Å². The molecule has 0 bridgehead atoms. The van der Waals surface area contributed by atoms with Crippen LogP contribution in [0.3, 0.4) is 0 Å². The number of anilines is 1. The third kappa shape index (κ3) is 4.61. The summed E-state index contributed by atoms with van der Waals surface area (Å²) in [7, 11) is 1.75. The highest BCUT2D eigenvalue weighted by Crippen LogP contribution is 2.22. The molecule has 3 N–H and O–H groups in total. The van der Waals surface area contributed by atoms with Crippen molar-refractivity contribution in [3.63, 3.8) is 0 Å². The number of nitro benzene ring substituents is 1. The second-order valence-corrected chi connectivity index (χ2v) is 5.33. The van der Waals surface area contributed by atoms with Gasteiger partial charge in [-0.05, 0) is 18.9 Å². The number of nitrogens with zero attached hydrogens (tertiary/aromatic N) is 2. The Balaban J connectivity index is 1.75. The summed E-state index contributed by atoms with van der Waals surface area (Å²) in [5, 5.41) is 20.6. The van der Waals surface area contributed by atoms with Gasteiger partial charge in [0.15, 0.2) is 5.96 Å². The van der Waals surface area contributed by atoms with E-state index in [1.54, 1.807) is 25.2 Å². The van der Waals surface area contributed by atoms with Crippen LogP contribution in [0.4, 0.5) is 11.4 Å². The van der Waals surface area contributed by atoms with Gasteiger partial charge in [0.05, 0.1) is 4.92 Å². The Morgan fingerprint density at radius 3 is 2.73 bits per heavy atom. The number of nitrogens with one attached hydrogen (secondary N) is 3. The quantitative estimate of drug-likeness (QED) is 0.246. The number of para-hydroxylation sites is 2. The summed E-state index contributed by atoms with van der Waals surface area (Å²) < 4.78 is 0. The predicted octanol–water partition coefficient (Wildman–Crippen LogP) is 2.11. The molecule has 7 heteroatoms. The van der Waals surface area contributed by atoms with Gasteiger partial charge in [-0.2, -0.15) is 0 Å². The molecule has 1 aromatic carbocycles.